The van der Waals surface area contributed by atoms with E-state index in [0.29, 0.717) is 35.3 Å². The monoisotopic (exact) mass is 333 g/mol. The van der Waals surface area contributed by atoms with E-state index in [0.717, 1.165) is 12.8 Å². The first-order valence-corrected chi connectivity index (χ1v) is 8.58. The number of nitrogens with zero attached hydrogens (tertiary/aromatic N) is 2. The van der Waals surface area contributed by atoms with Crippen LogP contribution in [-0.2, 0) is 16.1 Å². The maximum atomic E-state index is 12.6. The second-order valence-corrected chi connectivity index (χ2v) is 6.43. The summed E-state index contributed by atoms with van der Waals surface area (Å²) >= 11 is 1.29. The first kappa shape index (κ1) is 16.0. The summed E-state index contributed by atoms with van der Waals surface area (Å²) in [7, 11) is 1.59. The van der Waals surface area contributed by atoms with Crippen molar-refractivity contribution < 1.29 is 9.53 Å². The average Bonchev–Trinajstić information content (AvgIpc) is 3.36. The molecule has 0 bridgehead atoms. The molecule has 1 N–H and O–H groups in total. The summed E-state index contributed by atoms with van der Waals surface area (Å²) in [5, 5.41) is 4.07. The summed E-state index contributed by atoms with van der Waals surface area (Å²) in [6.45, 7) is 0.835. The highest BCUT2D eigenvalue weighted by Gasteiger charge is 2.23. The van der Waals surface area contributed by atoms with Crippen molar-refractivity contribution in [2.75, 3.05) is 19.5 Å². The number of aromatic nitrogens is 2. The maximum Gasteiger partial charge on any atom is 0.262 e. The predicted octanol–water partition coefficient (Wildman–Crippen LogP) is 1.41. The molecule has 1 aromatic carbocycles. The number of amides is 1. The second-order valence-electron chi connectivity index (χ2n) is 5.49. The molecule has 23 heavy (non-hydrogen) atoms. The van der Waals surface area contributed by atoms with Gasteiger partial charge >= 0.3 is 0 Å². The maximum absolute atomic E-state index is 12.6. The summed E-state index contributed by atoms with van der Waals surface area (Å²) in [5.74, 6) is 0.243. The van der Waals surface area contributed by atoms with Gasteiger partial charge in [0, 0.05) is 13.2 Å². The van der Waals surface area contributed by atoms with Crippen LogP contribution in [0.25, 0.3) is 10.9 Å². The van der Waals surface area contributed by atoms with Gasteiger partial charge in [-0.05, 0) is 25.0 Å². The van der Waals surface area contributed by atoms with Crippen LogP contribution >= 0.6 is 11.8 Å². The molecule has 0 aliphatic heterocycles. The fourth-order valence-corrected chi connectivity index (χ4v) is 3.10. The lowest BCUT2D eigenvalue weighted by molar-refractivity contribution is -0.118. The molecule has 1 aliphatic rings. The Labute approximate surface area is 138 Å². The number of benzene rings is 1. The molecule has 0 unspecified atom stereocenters. The Hall–Kier alpha value is -1.86. The number of hydrogen-bond acceptors (Lipinski definition) is 5. The first-order valence-electron chi connectivity index (χ1n) is 7.59. The molecule has 2 aromatic rings. The van der Waals surface area contributed by atoms with Gasteiger partial charge in [0.25, 0.3) is 5.56 Å². The Morgan fingerprint density at radius 2 is 2.22 bits per heavy atom. The highest BCUT2D eigenvalue weighted by Crippen LogP contribution is 2.20. The zero-order valence-electron chi connectivity index (χ0n) is 12.9. The quantitative estimate of drug-likeness (QED) is 0.613. The summed E-state index contributed by atoms with van der Waals surface area (Å²) < 4.78 is 6.66. The second kappa shape index (κ2) is 7.14. The summed E-state index contributed by atoms with van der Waals surface area (Å²) in [6, 6.07) is 7.58. The Bertz CT molecular complexity index is 771. The van der Waals surface area contributed by atoms with E-state index < -0.39 is 0 Å². The van der Waals surface area contributed by atoms with Crippen LogP contribution in [0.2, 0.25) is 0 Å². The number of para-hydroxylation sites is 1. The molecule has 1 aromatic heterocycles. The molecule has 0 atom stereocenters. The Morgan fingerprint density at radius 1 is 1.43 bits per heavy atom. The molecule has 1 fully saturated rings. The van der Waals surface area contributed by atoms with Crippen LogP contribution in [0, 0.1) is 0 Å². The third-order valence-corrected chi connectivity index (χ3v) is 4.60. The van der Waals surface area contributed by atoms with E-state index in [9.17, 15) is 9.59 Å². The number of fused-ring (bicyclic) bond motifs is 1. The molecule has 7 heteroatoms. The van der Waals surface area contributed by atoms with E-state index in [1.165, 1.54) is 11.8 Å². The van der Waals surface area contributed by atoms with Gasteiger partial charge in [-0.2, -0.15) is 0 Å². The molecular weight excluding hydrogens is 314 g/mol. The highest BCUT2D eigenvalue weighted by atomic mass is 32.2. The zero-order chi connectivity index (χ0) is 16.2. The normalized spacial score (nSPS) is 14.1. The van der Waals surface area contributed by atoms with Gasteiger partial charge in [0.05, 0.1) is 29.8 Å². The Kier molecular flexibility index (Phi) is 4.97. The van der Waals surface area contributed by atoms with E-state index in [2.05, 4.69) is 10.3 Å². The fraction of sp³-hybridized carbons (Fsp3) is 0.438. The van der Waals surface area contributed by atoms with Gasteiger partial charge in [0.2, 0.25) is 5.91 Å². The van der Waals surface area contributed by atoms with Gasteiger partial charge in [0.1, 0.15) is 0 Å². The number of nitrogens with one attached hydrogen (secondary N) is 1. The van der Waals surface area contributed by atoms with Gasteiger partial charge in [-0.1, -0.05) is 23.9 Å². The van der Waals surface area contributed by atoms with Gasteiger partial charge in [-0.15, -0.1) is 0 Å². The number of hydrogen-bond donors (Lipinski definition) is 1. The number of ether oxygens (including phenoxy) is 1. The predicted molar refractivity (Wildman–Crippen MR) is 89.8 cm³/mol. The van der Waals surface area contributed by atoms with E-state index in [-0.39, 0.29) is 17.2 Å². The van der Waals surface area contributed by atoms with E-state index >= 15 is 0 Å². The standard InChI is InChI=1S/C16H19N3O3S/c1-22-9-8-19-15(21)12-4-2-3-5-13(12)18-16(19)23-10-14(20)17-11-6-7-11/h2-5,11H,6-10H2,1H3,(H,17,20). The van der Waals surface area contributed by atoms with Crippen LogP contribution in [0.5, 0.6) is 0 Å². The third kappa shape index (κ3) is 3.92. The van der Waals surface area contributed by atoms with Crippen LogP contribution in [0.4, 0.5) is 0 Å². The molecule has 1 amide bonds. The van der Waals surface area contributed by atoms with Crippen LogP contribution in [-0.4, -0.2) is 41.0 Å². The summed E-state index contributed by atoms with van der Waals surface area (Å²) in [4.78, 5) is 29.1. The van der Waals surface area contributed by atoms with Crippen molar-refractivity contribution in [1.29, 1.82) is 0 Å². The van der Waals surface area contributed by atoms with E-state index in [1.54, 1.807) is 17.7 Å². The van der Waals surface area contributed by atoms with Gasteiger partial charge < -0.3 is 10.1 Å². The molecule has 1 aliphatic carbocycles. The number of carbonyl (C=O) groups is 1. The van der Waals surface area contributed by atoms with Crippen molar-refractivity contribution in [1.82, 2.24) is 14.9 Å². The lowest BCUT2D eigenvalue weighted by Gasteiger charge is -2.12. The van der Waals surface area contributed by atoms with Gasteiger partial charge in [-0.3, -0.25) is 14.2 Å². The minimum atomic E-state index is -0.0993. The molecule has 1 heterocycles. The molecule has 0 spiro atoms. The average molecular weight is 333 g/mol. The van der Waals surface area contributed by atoms with Crippen molar-refractivity contribution in [2.45, 2.75) is 30.6 Å². The topological polar surface area (TPSA) is 73.2 Å². The number of thioether (sulfide) groups is 1. The molecule has 0 radical (unpaired) electrons. The van der Waals surface area contributed by atoms with Crippen molar-refractivity contribution in [2.24, 2.45) is 0 Å². The van der Waals surface area contributed by atoms with Crippen LogP contribution in [0.1, 0.15) is 12.8 Å². The third-order valence-electron chi connectivity index (χ3n) is 3.62. The lowest BCUT2D eigenvalue weighted by Crippen LogP contribution is -2.29. The van der Waals surface area contributed by atoms with Crippen molar-refractivity contribution in [3.63, 3.8) is 0 Å². The summed E-state index contributed by atoms with van der Waals surface area (Å²) in [6.07, 6.45) is 2.12. The molecule has 3 rings (SSSR count). The smallest absolute Gasteiger partial charge is 0.262 e. The number of carbonyl (C=O) groups excluding carboxylic acids is 1. The van der Waals surface area contributed by atoms with Crippen molar-refractivity contribution in [3.05, 3.63) is 34.6 Å². The molecule has 6 nitrogen and oxygen atoms in total. The van der Waals surface area contributed by atoms with E-state index in [4.69, 9.17) is 4.74 Å². The Morgan fingerprint density at radius 3 is 2.96 bits per heavy atom. The minimum absolute atomic E-state index is 0.0156. The highest BCUT2D eigenvalue weighted by molar-refractivity contribution is 7.99. The van der Waals surface area contributed by atoms with Crippen molar-refractivity contribution in [3.8, 4) is 0 Å². The molecule has 0 saturated heterocycles. The molecule has 1 saturated carbocycles. The zero-order valence-corrected chi connectivity index (χ0v) is 13.8. The van der Waals surface area contributed by atoms with Crippen LogP contribution in [0.3, 0.4) is 0 Å². The molecule has 122 valence electrons. The van der Waals surface area contributed by atoms with Crippen molar-refractivity contribution >= 4 is 28.6 Å². The van der Waals surface area contributed by atoms with E-state index in [1.807, 2.05) is 18.2 Å². The first-order chi connectivity index (χ1) is 11.2. The summed E-state index contributed by atoms with van der Waals surface area (Å²) in [5.41, 5.74) is 0.550. The van der Waals surface area contributed by atoms with Crippen LogP contribution in [0.15, 0.2) is 34.2 Å². The SMILES string of the molecule is COCCn1c(SCC(=O)NC2CC2)nc2ccccc2c1=O. The van der Waals surface area contributed by atoms with Gasteiger partial charge in [-0.25, -0.2) is 4.98 Å². The fourth-order valence-electron chi connectivity index (χ4n) is 2.26. The Balaban J connectivity index is 1.86. The molecular formula is C16H19N3O3S. The number of methoxy groups -OCH3 is 1. The van der Waals surface area contributed by atoms with Crippen LogP contribution < -0.4 is 10.9 Å². The minimum Gasteiger partial charge on any atom is -0.383 e. The van der Waals surface area contributed by atoms with Gasteiger partial charge in [0.15, 0.2) is 5.16 Å². The largest absolute Gasteiger partial charge is 0.383 e. The number of rotatable bonds is 7. The lowest BCUT2D eigenvalue weighted by atomic mass is 10.2.